The molecule has 1 aliphatic carbocycles. The third kappa shape index (κ3) is 5.17. The van der Waals surface area contributed by atoms with Crippen LogP contribution in [0.2, 0.25) is 0 Å². The summed E-state index contributed by atoms with van der Waals surface area (Å²) in [6.07, 6.45) is 2.45. The molecule has 3 atom stereocenters. The first-order valence-corrected chi connectivity index (χ1v) is 9.14. The molecule has 0 N–H and O–H groups in total. The fourth-order valence-corrected chi connectivity index (χ4v) is 3.93. The maximum absolute atomic E-state index is 6.16. The molecule has 0 aliphatic heterocycles. The van der Waals surface area contributed by atoms with Gasteiger partial charge in [0.25, 0.3) is 0 Å². The van der Waals surface area contributed by atoms with Crippen molar-refractivity contribution in [1.29, 1.82) is 0 Å². The topological polar surface area (TPSA) is 18.5 Å². The predicted molar refractivity (Wildman–Crippen MR) is 96.6 cm³/mol. The average molecular weight is 375 g/mol. The SMILES string of the molecule is Br[C@H]1C[C@H](COCc2ccccc2)[C@@H](OCc2ccccc2)C1. The predicted octanol–water partition coefficient (Wildman–Crippen LogP) is 4.96. The quantitative estimate of drug-likeness (QED) is 0.637. The van der Waals surface area contributed by atoms with E-state index in [0.717, 1.165) is 19.4 Å². The Morgan fingerprint density at radius 3 is 2.09 bits per heavy atom. The van der Waals surface area contributed by atoms with Gasteiger partial charge in [-0.3, -0.25) is 0 Å². The van der Waals surface area contributed by atoms with Crippen LogP contribution in [0.4, 0.5) is 0 Å². The van der Waals surface area contributed by atoms with Gasteiger partial charge in [0, 0.05) is 10.7 Å². The lowest BCUT2D eigenvalue weighted by molar-refractivity contribution is -0.0187. The molecule has 23 heavy (non-hydrogen) atoms. The van der Waals surface area contributed by atoms with Crippen molar-refractivity contribution < 1.29 is 9.47 Å². The third-order valence-corrected chi connectivity index (χ3v) is 5.07. The van der Waals surface area contributed by atoms with Gasteiger partial charge in [-0.1, -0.05) is 76.6 Å². The largest absolute Gasteiger partial charge is 0.376 e. The molecule has 122 valence electrons. The van der Waals surface area contributed by atoms with Crippen molar-refractivity contribution in [2.45, 2.75) is 37.0 Å². The molecule has 1 aliphatic rings. The van der Waals surface area contributed by atoms with E-state index in [9.17, 15) is 0 Å². The second kappa shape index (κ2) is 8.62. The first kappa shape index (κ1) is 16.7. The number of benzene rings is 2. The fourth-order valence-electron chi connectivity index (χ4n) is 3.08. The lowest BCUT2D eigenvalue weighted by Crippen LogP contribution is -2.22. The summed E-state index contributed by atoms with van der Waals surface area (Å²) in [7, 11) is 0. The van der Waals surface area contributed by atoms with Gasteiger partial charge in [0.2, 0.25) is 0 Å². The van der Waals surface area contributed by atoms with Crippen LogP contribution in [-0.2, 0) is 22.7 Å². The molecule has 0 amide bonds. The zero-order valence-corrected chi connectivity index (χ0v) is 14.8. The normalized spacial score (nSPS) is 24.0. The summed E-state index contributed by atoms with van der Waals surface area (Å²) in [5.41, 5.74) is 2.46. The Morgan fingerprint density at radius 1 is 0.826 bits per heavy atom. The number of hydrogen-bond acceptors (Lipinski definition) is 2. The highest BCUT2D eigenvalue weighted by atomic mass is 79.9. The van der Waals surface area contributed by atoms with E-state index in [1.54, 1.807) is 0 Å². The Balaban J connectivity index is 1.47. The molecule has 0 bridgehead atoms. The van der Waals surface area contributed by atoms with Gasteiger partial charge in [0.05, 0.1) is 25.9 Å². The third-order valence-electron chi connectivity index (χ3n) is 4.32. The summed E-state index contributed by atoms with van der Waals surface area (Å²) in [6.45, 7) is 2.12. The summed E-state index contributed by atoms with van der Waals surface area (Å²) in [6, 6.07) is 20.7. The van der Waals surface area contributed by atoms with Crippen molar-refractivity contribution in [2.24, 2.45) is 5.92 Å². The monoisotopic (exact) mass is 374 g/mol. The lowest BCUT2D eigenvalue weighted by Gasteiger charge is -2.20. The van der Waals surface area contributed by atoms with Crippen molar-refractivity contribution in [3.8, 4) is 0 Å². The molecule has 2 aromatic rings. The van der Waals surface area contributed by atoms with Gasteiger partial charge in [-0.2, -0.15) is 0 Å². The van der Waals surface area contributed by atoms with Crippen LogP contribution in [0.3, 0.4) is 0 Å². The highest BCUT2D eigenvalue weighted by molar-refractivity contribution is 9.09. The number of halogens is 1. The maximum Gasteiger partial charge on any atom is 0.0720 e. The summed E-state index contributed by atoms with van der Waals surface area (Å²) in [5, 5.41) is 0. The first-order chi connectivity index (χ1) is 11.3. The summed E-state index contributed by atoms with van der Waals surface area (Å²) < 4.78 is 12.1. The van der Waals surface area contributed by atoms with E-state index in [2.05, 4.69) is 64.5 Å². The van der Waals surface area contributed by atoms with Crippen molar-refractivity contribution in [2.75, 3.05) is 6.61 Å². The Labute approximate surface area is 146 Å². The molecule has 0 saturated heterocycles. The molecule has 3 rings (SSSR count). The molecule has 0 spiro atoms. The minimum Gasteiger partial charge on any atom is -0.376 e. The molecule has 2 nitrogen and oxygen atoms in total. The van der Waals surface area contributed by atoms with Crippen LogP contribution in [-0.4, -0.2) is 17.5 Å². The summed E-state index contributed by atoms with van der Waals surface area (Å²) in [4.78, 5) is 0.536. The van der Waals surface area contributed by atoms with Gasteiger partial charge in [-0.25, -0.2) is 0 Å². The molecule has 1 fully saturated rings. The number of rotatable bonds is 7. The molecular formula is C20H23BrO2. The first-order valence-electron chi connectivity index (χ1n) is 8.22. The second-order valence-electron chi connectivity index (χ2n) is 6.16. The fraction of sp³-hybridized carbons (Fsp3) is 0.400. The zero-order valence-electron chi connectivity index (χ0n) is 13.2. The van der Waals surface area contributed by atoms with Crippen LogP contribution in [0.15, 0.2) is 60.7 Å². The van der Waals surface area contributed by atoms with Gasteiger partial charge < -0.3 is 9.47 Å². The van der Waals surface area contributed by atoms with E-state index in [1.807, 2.05) is 12.1 Å². The Bertz CT molecular complexity index is 573. The molecular weight excluding hydrogens is 352 g/mol. The molecule has 0 radical (unpaired) electrons. The van der Waals surface area contributed by atoms with Crippen LogP contribution in [0, 0.1) is 5.92 Å². The van der Waals surface area contributed by atoms with Crippen molar-refractivity contribution >= 4 is 15.9 Å². The Hall–Kier alpha value is -1.16. The highest BCUT2D eigenvalue weighted by Gasteiger charge is 2.33. The van der Waals surface area contributed by atoms with Gasteiger partial charge in [-0.05, 0) is 24.0 Å². The van der Waals surface area contributed by atoms with E-state index >= 15 is 0 Å². The van der Waals surface area contributed by atoms with E-state index in [4.69, 9.17) is 9.47 Å². The number of ether oxygens (including phenoxy) is 2. The van der Waals surface area contributed by atoms with Gasteiger partial charge >= 0.3 is 0 Å². The van der Waals surface area contributed by atoms with Crippen molar-refractivity contribution in [1.82, 2.24) is 0 Å². The van der Waals surface area contributed by atoms with E-state index < -0.39 is 0 Å². The minimum atomic E-state index is 0.273. The molecule has 0 heterocycles. The molecule has 0 unspecified atom stereocenters. The average Bonchev–Trinajstić information content (AvgIpc) is 2.95. The Kier molecular flexibility index (Phi) is 6.26. The Morgan fingerprint density at radius 2 is 1.43 bits per heavy atom. The van der Waals surface area contributed by atoms with Crippen molar-refractivity contribution in [3.05, 3.63) is 71.8 Å². The molecule has 2 aromatic carbocycles. The zero-order chi connectivity index (χ0) is 15.9. The summed E-state index contributed by atoms with van der Waals surface area (Å²) in [5.74, 6) is 0.465. The molecule has 0 aromatic heterocycles. The second-order valence-corrected chi connectivity index (χ2v) is 7.46. The van der Waals surface area contributed by atoms with Crippen molar-refractivity contribution in [3.63, 3.8) is 0 Å². The van der Waals surface area contributed by atoms with Crippen LogP contribution in [0.5, 0.6) is 0 Å². The molecule has 1 saturated carbocycles. The van der Waals surface area contributed by atoms with Crippen LogP contribution in [0.1, 0.15) is 24.0 Å². The molecule has 3 heteroatoms. The van der Waals surface area contributed by atoms with E-state index in [0.29, 0.717) is 24.0 Å². The van der Waals surface area contributed by atoms with Gasteiger partial charge in [-0.15, -0.1) is 0 Å². The van der Waals surface area contributed by atoms with Crippen LogP contribution >= 0.6 is 15.9 Å². The lowest BCUT2D eigenvalue weighted by atomic mass is 10.1. The highest BCUT2D eigenvalue weighted by Crippen LogP contribution is 2.34. The van der Waals surface area contributed by atoms with Gasteiger partial charge in [0.15, 0.2) is 0 Å². The van der Waals surface area contributed by atoms with Crippen LogP contribution in [0.25, 0.3) is 0 Å². The number of alkyl halides is 1. The van der Waals surface area contributed by atoms with Crippen LogP contribution < -0.4 is 0 Å². The number of hydrogen-bond donors (Lipinski definition) is 0. The maximum atomic E-state index is 6.16. The summed E-state index contributed by atoms with van der Waals surface area (Å²) >= 11 is 3.75. The minimum absolute atomic E-state index is 0.273. The van der Waals surface area contributed by atoms with Gasteiger partial charge in [0.1, 0.15) is 0 Å². The standard InChI is InChI=1S/C20H23BrO2/c21-19-11-18(15-22-13-16-7-3-1-4-8-16)20(12-19)23-14-17-9-5-2-6-10-17/h1-10,18-20H,11-15H2/t18-,19+,20+/m1/s1. The smallest absolute Gasteiger partial charge is 0.0720 e. The van der Waals surface area contributed by atoms with E-state index in [1.165, 1.54) is 11.1 Å². The van der Waals surface area contributed by atoms with E-state index in [-0.39, 0.29) is 6.10 Å².